The monoisotopic (exact) mass is 333 g/mol. The van der Waals surface area contributed by atoms with Gasteiger partial charge in [0.25, 0.3) is 0 Å². The lowest BCUT2D eigenvalue weighted by atomic mass is 10.2. The van der Waals surface area contributed by atoms with E-state index in [9.17, 15) is 9.59 Å². The number of nitrogens with zero attached hydrogens (tertiary/aromatic N) is 2. The number of nitrogens with two attached hydrogens (primary N) is 1. The Bertz CT molecular complexity index is 548. The molecule has 0 bridgehead atoms. The fourth-order valence-electron chi connectivity index (χ4n) is 2.97. The highest BCUT2D eigenvalue weighted by Crippen LogP contribution is 2.19. The van der Waals surface area contributed by atoms with E-state index in [2.05, 4.69) is 0 Å². The van der Waals surface area contributed by atoms with Crippen LogP contribution in [0.5, 0.6) is 0 Å². The minimum Gasteiger partial charge on any atom is -0.445 e. The van der Waals surface area contributed by atoms with Crippen LogP contribution in [0.4, 0.5) is 4.79 Å². The molecule has 0 saturated carbocycles. The molecule has 24 heavy (non-hydrogen) atoms. The highest BCUT2D eigenvalue weighted by Gasteiger charge is 2.32. The minimum atomic E-state index is -0.509. The van der Waals surface area contributed by atoms with Crippen molar-refractivity contribution in [3.8, 4) is 0 Å². The summed E-state index contributed by atoms with van der Waals surface area (Å²) in [6, 6.07) is 9.10. The summed E-state index contributed by atoms with van der Waals surface area (Å²) >= 11 is 0. The zero-order chi connectivity index (χ0) is 17.5. The van der Waals surface area contributed by atoms with Crippen LogP contribution >= 0.6 is 0 Å². The molecule has 2 atom stereocenters. The van der Waals surface area contributed by atoms with E-state index in [-0.39, 0.29) is 24.6 Å². The summed E-state index contributed by atoms with van der Waals surface area (Å²) in [7, 11) is 0. The molecule has 1 aliphatic rings. The summed E-state index contributed by atoms with van der Waals surface area (Å²) < 4.78 is 5.39. The second-order valence-corrected chi connectivity index (χ2v) is 6.20. The molecular formula is C18H27N3O3. The van der Waals surface area contributed by atoms with Crippen LogP contribution in [0, 0.1) is 0 Å². The maximum atomic E-state index is 12.3. The minimum absolute atomic E-state index is 0.0210. The Kier molecular flexibility index (Phi) is 6.61. The van der Waals surface area contributed by atoms with Crippen molar-refractivity contribution in [2.75, 3.05) is 19.6 Å². The van der Waals surface area contributed by atoms with E-state index >= 15 is 0 Å². The predicted molar refractivity (Wildman–Crippen MR) is 92.3 cm³/mol. The molecule has 1 fully saturated rings. The average Bonchev–Trinajstić information content (AvgIpc) is 3.05. The van der Waals surface area contributed by atoms with Gasteiger partial charge in [-0.25, -0.2) is 4.79 Å². The van der Waals surface area contributed by atoms with Crippen LogP contribution in [0.2, 0.25) is 0 Å². The van der Waals surface area contributed by atoms with Crippen molar-refractivity contribution in [1.82, 2.24) is 9.80 Å². The van der Waals surface area contributed by atoms with Crippen molar-refractivity contribution in [3.63, 3.8) is 0 Å². The molecule has 0 radical (unpaired) electrons. The van der Waals surface area contributed by atoms with Gasteiger partial charge < -0.3 is 20.3 Å². The predicted octanol–water partition coefficient (Wildman–Crippen LogP) is 1.98. The number of likely N-dealkylation sites (tertiary alicyclic amines) is 1. The Hall–Kier alpha value is -2.08. The van der Waals surface area contributed by atoms with Crippen LogP contribution in [0.15, 0.2) is 30.3 Å². The third-order valence-electron chi connectivity index (χ3n) is 4.33. The van der Waals surface area contributed by atoms with Gasteiger partial charge in [0.05, 0.1) is 6.04 Å². The van der Waals surface area contributed by atoms with Gasteiger partial charge in [-0.05, 0) is 32.3 Å². The molecule has 6 nitrogen and oxygen atoms in total. The molecule has 1 aromatic rings. The number of benzene rings is 1. The first kappa shape index (κ1) is 18.3. The lowest BCUT2D eigenvalue weighted by Gasteiger charge is -2.30. The van der Waals surface area contributed by atoms with Gasteiger partial charge in [0.2, 0.25) is 5.91 Å². The van der Waals surface area contributed by atoms with Crippen molar-refractivity contribution >= 4 is 12.0 Å². The molecule has 1 aliphatic heterocycles. The third-order valence-corrected chi connectivity index (χ3v) is 4.33. The molecule has 132 valence electrons. The second-order valence-electron chi connectivity index (χ2n) is 6.20. The molecule has 2 rings (SSSR count). The van der Waals surface area contributed by atoms with Crippen molar-refractivity contribution in [1.29, 1.82) is 0 Å². The van der Waals surface area contributed by atoms with Crippen LogP contribution in [-0.2, 0) is 16.1 Å². The second kappa shape index (κ2) is 8.68. The van der Waals surface area contributed by atoms with Crippen molar-refractivity contribution in [2.24, 2.45) is 5.73 Å². The lowest BCUT2D eigenvalue weighted by Crippen LogP contribution is -2.49. The summed E-state index contributed by atoms with van der Waals surface area (Å²) in [5.74, 6) is -0.0498. The van der Waals surface area contributed by atoms with Gasteiger partial charge in [-0.2, -0.15) is 0 Å². The Labute approximate surface area is 143 Å². The highest BCUT2D eigenvalue weighted by molar-refractivity contribution is 5.81. The molecule has 2 amide bonds. The van der Waals surface area contributed by atoms with E-state index in [0.29, 0.717) is 19.6 Å². The molecule has 1 saturated heterocycles. The number of likely N-dealkylation sites (N-methyl/N-ethyl adjacent to an activating group) is 1. The molecule has 0 aromatic heterocycles. The molecule has 6 heteroatoms. The Morgan fingerprint density at radius 2 is 2.08 bits per heavy atom. The van der Waals surface area contributed by atoms with E-state index in [1.54, 1.807) is 16.7 Å². The van der Waals surface area contributed by atoms with Gasteiger partial charge in [-0.3, -0.25) is 4.79 Å². The van der Waals surface area contributed by atoms with Crippen LogP contribution in [0.3, 0.4) is 0 Å². The number of hydrogen-bond donors (Lipinski definition) is 1. The van der Waals surface area contributed by atoms with Gasteiger partial charge in [0.15, 0.2) is 0 Å². The van der Waals surface area contributed by atoms with Crippen LogP contribution in [0.25, 0.3) is 0 Å². The topological polar surface area (TPSA) is 75.9 Å². The molecule has 0 spiro atoms. The first-order valence-corrected chi connectivity index (χ1v) is 8.54. The first-order valence-electron chi connectivity index (χ1n) is 8.54. The quantitative estimate of drug-likeness (QED) is 0.864. The summed E-state index contributed by atoms with van der Waals surface area (Å²) in [6.07, 6.45) is 1.49. The zero-order valence-corrected chi connectivity index (χ0v) is 14.5. The van der Waals surface area contributed by atoms with Crippen molar-refractivity contribution in [3.05, 3.63) is 35.9 Å². The molecule has 0 aliphatic carbocycles. The molecule has 1 aromatic carbocycles. The van der Waals surface area contributed by atoms with Gasteiger partial charge in [-0.1, -0.05) is 30.3 Å². The van der Waals surface area contributed by atoms with E-state index in [0.717, 1.165) is 18.4 Å². The number of rotatable bonds is 6. The molecule has 2 N–H and O–H groups in total. The van der Waals surface area contributed by atoms with Crippen molar-refractivity contribution in [2.45, 2.75) is 45.4 Å². The highest BCUT2D eigenvalue weighted by atomic mass is 16.6. The number of amides is 2. The average molecular weight is 333 g/mol. The fourth-order valence-corrected chi connectivity index (χ4v) is 2.97. The van der Waals surface area contributed by atoms with E-state index in [1.165, 1.54) is 0 Å². The normalized spacial score (nSPS) is 18.3. The number of carbonyl (C=O) groups is 2. The third kappa shape index (κ3) is 4.71. The van der Waals surface area contributed by atoms with E-state index in [4.69, 9.17) is 10.5 Å². The number of hydrogen-bond acceptors (Lipinski definition) is 4. The summed E-state index contributed by atoms with van der Waals surface area (Å²) in [5, 5.41) is 0. The maximum Gasteiger partial charge on any atom is 0.410 e. The molecule has 0 unspecified atom stereocenters. The molecular weight excluding hydrogens is 306 g/mol. The van der Waals surface area contributed by atoms with Gasteiger partial charge in [-0.15, -0.1) is 0 Å². The smallest absolute Gasteiger partial charge is 0.410 e. The zero-order valence-electron chi connectivity index (χ0n) is 14.5. The fraction of sp³-hybridized carbons (Fsp3) is 0.556. The van der Waals surface area contributed by atoms with Gasteiger partial charge >= 0.3 is 6.09 Å². The summed E-state index contributed by atoms with van der Waals surface area (Å²) in [6.45, 7) is 5.61. The lowest BCUT2D eigenvalue weighted by molar-refractivity contribution is -0.133. The Morgan fingerprint density at radius 3 is 2.71 bits per heavy atom. The summed E-state index contributed by atoms with van der Waals surface area (Å²) in [5.41, 5.74) is 6.67. The van der Waals surface area contributed by atoms with Crippen LogP contribution in [-0.4, -0.2) is 53.5 Å². The van der Waals surface area contributed by atoms with E-state index in [1.807, 2.05) is 37.3 Å². The standard InChI is InChI=1S/C18H27N3O3/c1-3-20(18(23)24-13-15-8-5-4-6-9-15)12-16-10-7-11-21(16)17(22)14(2)19/h4-6,8-9,14,16H,3,7,10-13,19H2,1-2H3/t14-,16-/m0/s1. The van der Waals surface area contributed by atoms with Crippen LogP contribution < -0.4 is 5.73 Å². The number of carbonyl (C=O) groups excluding carboxylic acids is 2. The summed E-state index contributed by atoms with van der Waals surface area (Å²) in [4.78, 5) is 27.9. The molecule has 1 heterocycles. The van der Waals surface area contributed by atoms with Gasteiger partial charge in [0, 0.05) is 25.7 Å². The SMILES string of the molecule is CCN(C[C@@H]1CCCN1C(=O)[C@H](C)N)C(=O)OCc1ccccc1. The van der Waals surface area contributed by atoms with Gasteiger partial charge in [0.1, 0.15) is 6.61 Å². The van der Waals surface area contributed by atoms with Crippen molar-refractivity contribution < 1.29 is 14.3 Å². The first-order chi connectivity index (χ1) is 11.5. The Morgan fingerprint density at radius 1 is 1.38 bits per heavy atom. The van der Waals surface area contributed by atoms with Crippen LogP contribution in [0.1, 0.15) is 32.3 Å². The largest absolute Gasteiger partial charge is 0.445 e. The Balaban J connectivity index is 1.90. The number of ether oxygens (including phenoxy) is 1. The van der Waals surface area contributed by atoms with E-state index < -0.39 is 6.04 Å². The maximum absolute atomic E-state index is 12.3.